The zero-order valence-electron chi connectivity index (χ0n) is 11.8. The molecule has 3 atom stereocenters. The van der Waals surface area contributed by atoms with Crippen LogP contribution < -0.4 is 5.32 Å². The first-order valence-corrected chi connectivity index (χ1v) is 6.93. The van der Waals surface area contributed by atoms with E-state index in [-0.39, 0.29) is 17.9 Å². The molecular weight excluding hydrogens is 260 g/mol. The zero-order chi connectivity index (χ0) is 14.7. The Labute approximate surface area is 117 Å². The molecule has 1 saturated carbocycles. The number of carbonyl (C=O) groups excluding carboxylic acids is 1. The first-order valence-electron chi connectivity index (χ1n) is 6.93. The highest BCUT2D eigenvalue weighted by Crippen LogP contribution is 2.29. The van der Waals surface area contributed by atoms with E-state index < -0.39 is 11.9 Å². The molecule has 1 amide bonds. The van der Waals surface area contributed by atoms with Crippen molar-refractivity contribution in [2.45, 2.75) is 45.6 Å². The summed E-state index contributed by atoms with van der Waals surface area (Å²) in [6.07, 6.45) is 4.21. The van der Waals surface area contributed by atoms with Gasteiger partial charge in [-0.2, -0.15) is 0 Å². The molecule has 110 valence electrons. The first kappa shape index (κ1) is 14.6. The van der Waals surface area contributed by atoms with E-state index >= 15 is 0 Å². The molecule has 3 unspecified atom stereocenters. The number of nitrogens with one attached hydrogen (secondary N) is 1. The molecule has 0 saturated heterocycles. The molecule has 0 aliphatic heterocycles. The van der Waals surface area contributed by atoms with Gasteiger partial charge in [-0.05, 0) is 33.1 Å². The second-order valence-electron chi connectivity index (χ2n) is 5.44. The average molecular weight is 280 g/mol. The van der Waals surface area contributed by atoms with Crippen LogP contribution in [0.15, 0.2) is 10.6 Å². The molecule has 1 aromatic heterocycles. The zero-order valence-corrected chi connectivity index (χ0v) is 11.8. The third-order valence-corrected chi connectivity index (χ3v) is 3.76. The van der Waals surface area contributed by atoms with Crippen LogP contribution in [-0.4, -0.2) is 22.0 Å². The molecule has 0 radical (unpaired) electrons. The molecule has 0 aromatic carbocycles. The average Bonchev–Trinajstić information content (AvgIpc) is 2.85. The van der Waals surface area contributed by atoms with Crippen molar-refractivity contribution in [1.82, 2.24) is 10.3 Å². The Morgan fingerprint density at radius 1 is 1.45 bits per heavy atom. The minimum Gasteiger partial charge on any atom is -0.481 e. The van der Waals surface area contributed by atoms with Crippen LogP contribution in [0.25, 0.3) is 0 Å². The number of carbonyl (C=O) groups is 2. The third-order valence-electron chi connectivity index (χ3n) is 3.76. The van der Waals surface area contributed by atoms with Gasteiger partial charge in [0.2, 0.25) is 11.8 Å². The van der Waals surface area contributed by atoms with E-state index in [0.717, 1.165) is 12.8 Å². The van der Waals surface area contributed by atoms with Crippen molar-refractivity contribution in [2.24, 2.45) is 11.8 Å². The molecule has 1 aromatic rings. The SMILES string of the molecule is Cc1cnc(C(C)NC(=O)C2CCCC(C(=O)O)C2)o1. The van der Waals surface area contributed by atoms with Gasteiger partial charge in [-0.1, -0.05) is 6.42 Å². The van der Waals surface area contributed by atoms with Gasteiger partial charge in [-0.25, -0.2) is 4.98 Å². The van der Waals surface area contributed by atoms with E-state index in [2.05, 4.69) is 10.3 Å². The number of carboxylic acids is 1. The number of hydrogen-bond acceptors (Lipinski definition) is 4. The van der Waals surface area contributed by atoms with Crippen molar-refractivity contribution >= 4 is 11.9 Å². The molecule has 0 spiro atoms. The molecule has 2 N–H and O–H groups in total. The maximum absolute atomic E-state index is 12.2. The normalized spacial score (nSPS) is 24.1. The van der Waals surface area contributed by atoms with Gasteiger partial charge in [0.1, 0.15) is 11.8 Å². The Balaban J connectivity index is 1.92. The van der Waals surface area contributed by atoms with Crippen LogP contribution >= 0.6 is 0 Å². The highest BCUT2D eigenvalue weighted by atomic mass is 16.4. The number of rotatable bonds is 4. The highest BCUT2D eigenvalue weighted by molar-refractivity contribution is 5.80. The summed E-state index contributed by atoms with van der Waals surface area (Å²) in [6, 6.07) is -0.304. The number of amides is 1. The van der Waals surface area contributed by atoms with Gasteiger partial charge < -0.3 is 14.8 Å². The van der Waals surface area contributed by atoms with Crippen LogP contribution in [-0.2, 0) is 9.59 Å². The van der Waals surface area contributed by atoms with E-state index in [1.807, 2.05) is 0 Å². The van der Waals surface area contributed by atoms with Gasteiger partial charge in [-0.15, -0.1) is 0 Å². The predicted octanol–water partition coefficient (Wildman–Crippen LogP) is 2.05. The summed E-state index contributed by atoms with van der Waals surface area (Å²) >= 11 is 0. The monoisotopic (exact) mass is 280 g/mol. The fraction of sp³-hybridized carbons (Fsp3) is 0.643. The highest BCUT2D eigenvalue weighted by Gasteiger charge is 2.31. The van der Waals surface area contributed by atoms with E-state index in [9.17, 15) is 9.59 Å². The molecule has 1 aliphatic carbocycles. The molecule has 1 heterocycles. The lowest BCUT2D eigenvalue weighted by molar-refractivity contribution is -0.144. The summed E-state index contributed by atoms with van der Waals surface area (Å²) < 4.78 is 5.37. The minimum absolute atomic E-state index is 0.112. The molecule has 1 aliphatic rings. The lowest BCUT2D eigenvalue weighted by Crippen LogP contribution is -2.36. The second-order valence-corrected chi connectivity index (χ2v) is 5.44. The maximum Gasteiger partial charge on any atom is 0.306 e. The van der Waals surface area contributed by atoms with E-state index in [1.165, 1.54) is 0 Å². The number of nitrogens with zero attached hydrogens (tertiary/aromatic N) is 1. The number of aryl methyl sites for hydroxylation is 1. The van der Waals surface area contributed by atoms with Crippen LogP contribution in [0, 0.1) is 18.8 Å². The molecule has 6 heteroatoms. The summed E-state index contributed by atoms with van der Waals surface area (Å²) in [5.74, 6) is -0.383. The molecular formula is C14H20N2O4. The van der Waals surface area contributed by atoms with Gasteiger partial charge in [0, 0.05) is 5.92 Å². The van der Waals surface area contributed by atoms with Crippen molar-refractivity contribution in [1.29, 1.82) is 0 Å². The molecule has 2 rings (SSSR count). The number of aromatic nitrogens is 1. The number of hydrogen-bond donors (Lipinski definition) is 2. The van der Waals surface area contributed by atoms with Crippen LogP contribution in [0.4, 0.5) is 0 Å². The van der Waals surface area contributed by atoms with Crippen LogP contribution in [0.1, 0.15) is 50.3 Å². The number of aliphatic carboxylic acids is 1. The van der Waals surface area contributed by atoms with Crippen molar-refractivity contribution < 1.29 is 19.1 Å². The molecule has 0 bridgehead atoms. The van der Waals surface area contributed by atoms with Gasteiger partial charge in [0.25, 0.3) is 0 Å². The fourth-order valence-electron chi connectivity index (χ4n) is 2.62. The van der Waals surface area contributed by atoms with Crippen molar-refractivity contribution in [3.05, 3.63) is 17.8 Å². The Bertz CT molecular complexity index is 497. The number of oxazole rings is 1. The molecule has 20 heavy (non-hydrogen) atoms. The van der Waals surface area contributed by atoms with Crippen molar-refractivity contribution in [3.8, 4) is 0 Å². The standard InChI is InChI=1S/C14H20N2O4/c1-8-7-15-13(20-8)9(2)16-12(17)10-4-3-5-11(6-10)14(18)19/h7,9-11H,3-6H2,1-2H3,(H,16,17)(H,18,19). The lowest BCUT2D eigenvalue weighted by atomic mass is 9.81. The molecule has 6 nitrogen and oxygen atoms in total. The van der Waals surface area contributed by atoms with Gasteiger partial charge in [0.05, 0.1) is 12.1 Å². The minimum atomic E-state index is -0.807. The predicted molar refractivity (Wildman–Crippen MR) is 70.9 cm³/mol. The Morgan fingerprint density at radius 3 is 2.75 bits per heavy atom. The second kappa shape index (κ2) is 6.07. The molecule has 1 fully saturated rings. The quantitative estimate of drug-likeness (QED) is 0.880. The smallest absolute Gasteiger partial charge is 0.306 e. The van der Waals surface area contributed by atoms with E-state index in [4.69, 9.17) is 9.52 Å². The summed E-state index contributed by atoms with van der Waals surface area (Å²) in [6.45, 7) is 3.60. The fourth-order valence-corrected chi connectivity index (χ4v) is 2.62. The van der Waals surface area contributed by atoms with E-state index in [0.29, 0.717) is 24.5 Å². The summed E-state index contributed by atoms with van der Waals surface area (Å²) in [5, 5.41) is 11.9. The van der Waals surface area contributed by atoms with Gasteiger partial charge in [0.15, 0.2) is 0 Å². The van der Waals surface area contributed by atoms with Crippen LogP contribution in [0.5, 0.6) is 0 Å². The topological polar surface area (TPSA) is 92.4 Å². The van der Waals surface area contributed by atoms with Gasteiger partial charge in [-0.3, -0.25) is 9.59 Å². The van der Waals surface area contributed by atoms with Crippen molar-refractivity contribution in [3.63, 3.8) is 0 Å². The summed E-state index contributed by atoms with van der Waals surface area (Å²) in [5.41, 5.74) is 0. The number of carboxylic acid groups (broad SMARTS) is 1. The summed E-state index contributed by atoms with van der Waals surface area (Å²) in [4.78, 5) is 27.3. The van der Waals surface area contributed by atoms with Crippen molar-refractivity contribution in [2.75, 3.05) is 0 Å². The van der Waals surface area contributed by atoms with E-state index in [1.54, 1.807) is 20.0 Å². The maximum atomic E-state index is 12.2. The summed E-state index contributed by atoms with van der Waals surface area (Å²) in [7, 11) is 0. The lowest BCUT2D eigenvalue weighted by Gasteiger charge is -2.26. The largest absolute Gasteiger partial charge is 0.481 e. The van der Waals surface area contributed by atoms with Crippen LogP contribution in [0.2, 0.25) is 0 Å². The first-order chi connectivity index (χ1) is 9.47. The Hall–Kier alpha value is -1.85. The third kappa shape index (κ3) is 3.37. The van der Waals surface area contributed by atoms with Gasteiger partial charge >= 0.3 is 5.97 Å². The Morgan fingerprint density at radius 2 is 2.15 bits per heavy atom. The Kier molecular flexibility index (Phi) is 4.42. The van der Waals surface area contributed by atoms with Crippen LogP contribution in [0.3, 0.4) is 0 Å².